The van der Waals surface area contributed by atoms with Crippen LogP contribution in [0.1, 0.15) is 55.4 Å². The molecular weight excluding hydrogens is 560 g/mol. The van der Waals surface area contributed by atoms with Gasteiger partial charge in [-0.05, 0) is 50.1 Å². The second kappa shape index (κ2) is 13.3. The molecule has 0 bridgehead atoms. The zero-order valence-electron chi connectivity index (χ0n) is 24.3. The maximum atomic E-state index is 13.3. The Morgan fingerprint density at radius 3 is 2.45 bits per heavy atom. The molecule has 1 aliphatic heterocycles. The minimum absolute atomic E-state index is 0.163. The molecular formula is C30H35ClN6O5. The monoisotopic (exact) mass is 594 g/mol. The van der Waals surface area contributed by atoms with Gasteiger partial charge in [0.1, 0.15) is 22.8 Å². The molecule has 11 nitrogen and oxygen atoms in total. The SMILES string of the molecule is CNC(=O)c1cc(-c2cc([C@@H]3CN(C(=O)OC(C)(C)C)C[C@@H](COCc4ccccc4)N3C(C)=O)cc(Cl)n2)ncn1. The summed E-state index contributed by atoms with van der Waals surface area (Å²) in [5.74, 6) is -0.558. The van der Waals surface area contributed by atoms with Crippen molar-refractivity contribution in [3.63, 3.8) is 0 Å². The van der Waals surface area contributed by atoms with Crippen LogP contribution < -0.4 is 5.32 Å². The Hall–Kier alpha value is -4.09. The summed E-state index contributed by atoms with van der Waals surface area (Å²) in [6.45, 7) is 7.84. The number of halogens is 1. The van der Waals surface area contributed by atoms with E-state index in [-0.39, 0.29) is 42.4 Å². The summed E-state index contributed by atoms with van der Waals surface area (Å²) >= 11 is 6.48. The van der Waals surface area contributed by atoms with Gasteiger partial charge in [-0.25, -0.2) is 19.7 Å². The van der Waals surface area contributed by atoms with Crippen molar-refractivity contribution in [3.05, 3.63) is 76.8 Å². The first-order chi connectivity index (χ1) is 19.9. The lowest BCUT2D eigenvalue weighted by atomic mass is 9.98. The molecule has 3 heterocycles. The summed E-state index contributed by atoms with van der Waals surface area (Å²) < 4.78 is 11.7. The predicted octanol–water partition coefficient (Wildman–Crippen LogP) is 4.28. The molecule has 222 valence electrons. The van der Waals surface area contributed by atoms with Crippen LogP contribution >= 0.6 is 11.6 Å². The number of hydrogen-bond donors (Lipinski definition) is 1. The number of ether oxygens (including phenoxy) is 2. The van der Waals surface area contributed by atoms with Gasteiger partial charge in [-0.3, -0.25) is 9.59 Å². The average molecular weight is 595 g/mol. The number of aromatic nitrogens is 3. The van der Waals surface area contributed by atoms with Gasteiger partial charge in [-0.2, -0.15) is 0 Å². The molecule has 3 aromatic rings. The molecule has 2 aromatic heterocycles. The minimum Gasteiger partial charge on any atom is -0.444 e. The molecule has 0 unspecified atom stereocenters. The first-order valence-corrected chi connectivity index (χ1v) is 13.9. The number of carbonyl (C=O) groups is 3. The lowest BCUT2D eigenvalue weighted by molar-refractivity contribution is -0.140. The van der Waals surface area contributed by atoms with E-state index in [0.29, 0.717) is 23.6 Å². The number of piperazine rings is 1. The first-order valence-electron chi connectivity index (χ1n) is 13.6. The Balaban J connectivity index is 1.70. The van der Waals surface area contributed by atoms with E-state index in [4.69, 9.17) is 21.1 Å². The Labute approximate surface area is 250 Å². The number of carbonyl (C=O) groups excluding carboxylic acids is 3. The fourth-order valence-electron chi connectivity index (χ4n) is 4.80. The summed E-state index contributed by atoms with van der Waals surface area (Å²) in [4.78, 5) is 54.6. The van der Waals surface area contributed by atoms with Gasteiger partial charge >= 0.3 is 6.09 Å². The van der Waals surface area contributed by atoms with Crippen molar-refractivity contribution in [2.24, 2.45) is 0 Å². The van der Waals surface area contributed by atoms with E-state index in [1.807, 2.05) is 30.3 Å². The fraction of sp³-hybridized carbons (Fsp3) is 0.400. The lowest BCUT2D eigenvalue weighted by Crippen LogP contribution is -2.59. The van der Waals surface area contributed by atoms with Gasteiger partial charge in [0.2, 0.25) is 5.91 Å². The maximum absolute atomic E-state index is 13.3. The number of rotatable bonds is 7. The van der Waals surface area contributed by atoms with E-state index < -0.39 is 23.8 Å². The van der Waals surface area contributed by atoms with Gasteiger partial charge in [-0.1, -0.05) is 41.9 Å². The largest absolute Gasteiger partial charge is 0.444 e. The van der Waals surface area contributed by atoms with Gasteiger partial charge < -0.3 is 24.6 Å². The molecule has 1 N–H and O–H groups in total. The van der Waals surface area contributed by atoms with E-state index >= 15 is 0 Å². The molecule has 0 saturated carbocycles. The van der Waals surface area contributed by atoms with Crippen molar-refractivity contribution in [1.29, 1.82) is 0 Å². The van der Waals surface area contributed by atoms with E-state index in [9.17, 15) is 14.4 Å². The molecule has 12 heteroatoms. The molecule has 0 spiro atoms. The van der Waals surface area contributed by atoms with Crippen LogP contribution in [0.15, 0.2) is 54.9 Å². The average Bonchev–Trinajstić information content (AvgIpc) is 2.95. The van der Waals surface area contributed by atoms with Crippen molar-refractivity contribution in [3.8, 4) is 11.4 Å². The molecule has 1 aromatic carbocycles. The number of nitrogens with zero attached hydrogens (tertiary/aromatic N) is 5. The quantitative estimate of drug-likeness (QED) is 0.402. The molecule has 1 fully saturated rings. The van der Waals surface area contributed by atoms with E-state index in [1.165, 1.54) is 26.4 Å². The van der Waals surface area contributed by atoms with Crippen LogP contribution in [0.2, 0.25) is 5.15 Å². The zero-order chi connectivity index (χ0) is 30.4. The molecule has 0 aliphatic carbocycles. The summed E-state index contributed by atoms with van der Waals surface area (Å²) in [5, 5.41) is 2.70. The molecule has 4 rings (SSSR count). The molecule has 42 heavy (non-hydrogen) atoms. The number of hydrogen-bond acceptors (Lipinski definition) is 8. The van der Waals surface area contributed by atoms with E-state index in [0.717, 1.165) is 5.56 Å². The summed E-state index contributed by atoms with van der Waals surface area (Å²) in [7, 11) is 1.51. The number of pyridine rings is 1. The number of amides is 3. The Morgan fingerprint density at radius 1 is 1.05 bits per heavy atom. The Morgan fingerprint density at radius 2 is 1.79 bits per heavy atom. The maximum Gasteiger partial charge on any atom is 0.410 e. The highest BCUT2D eigenvalue weighted by atomic mass is 35.5. The van der Waals surface area contributed by atoms with Crippen LogP contribution in [0.25, 0.3) is 11.4 Å². The van der Waals surface area contributed by atoms with Crippen LogP contribution in [0.5, 0.6) is 0 Å². The molecule has 3 amide bonds. The van der Waals surface area contributed by atoms with Crippen LogP contribution in [0.4, 0.5) is 4.79 Å². The molecule has 2 atom stereocenters. The van der Waals surface area contributed by atoms with Crippen molar-refractivity contribution in [2.45, 2.75) is 52.0 Å². The van der Waals surface area contributed by atoms with Crippen LogP contribution in [0.3, 0.4) is 0 Å². The predicted molar refractivity (Wildman–Crippen MR) is 157 cm³/mol. The van der Waals surface area contributed by atoms with Gasteiger partial charge in [0, 0.05) is 27.1 Å². The van der Waals surface area contributed by atoms with Crippen molar-refractivity contribution in [2.75, 3.05) is 26.7 Å². The third-order valence-corrected chi connectivity index (χ3v) is 6.77. The second-order valence-electron chi connectivity index (χ2n) is 11.0. The number of nitrogens with one attached hydrogen (secondary N) is 1. The van der Waals surface area contributed by atoms with Crippen molar-refractivity contribution < 1.29 is 23.9 Å². The van der Waals surface area contributed by atoms with Crippen LogP contribution in [-0.2, 0) is 20.9 Å². The van der Waals surface area contributed by atoms with E-state index in [2.05, 4.69) is 20.3 Å². The first kappa shape index (κ1) is 30.9. The highest BCUT2D eigenvalue weighted by Crippen LogP contribution is 2.33. The third-order valence-electron chi connectivity index (χ3n) is 6.58. The zero-order valence-corrected chi connectivity index (χ0v) is 25.1. The second-order valence-corrected chi connectivity index (χ2v) is 11.3. The third kappa shape index (κ3) is 7.80. The summed E-state index contributed by atoms with van der Waals surface area (Å²) in [6, 6.07) is 13.6. The Bertz CT molecular complexity index is 1430. The van der Waals surface area contributed by atoms with Crippen LogP contribution in [0, 0.1) is 0 Å². The summed E-state index contributed by atoms with van der Waals surface area (Å²) in [5.41, 5.74) is 1.87. The van der Waals surface area contributed by atoms with Gasteiger partial charge in [-0.15, -0.1) is 0 Å². The molecule has 0 radical (unpaired) electrons. The normalized spacial score (nSPS) is 17.1. The van der Waals surface area contributed by atoms with Crippen LogP contribution in [-0.4, -0.2) is 81.0 Å². The highest BCUT2D eigenvalue weighted by Gasteiger charge is 2.40. The van der Waals surface area contributed by atoms with Gasteiger partial charge in [0.15, 0.2) is 0 Å². The van der Waals surface area contributed by atoms with Gasteiger partial charge in [0.25, 0.3) is 5.91 Å². The topological polar surface area (TPSA) is 127 Å². The Kier molecular flexibility index (Phi) is 9.74. The summed E-state index contributed by atoms with van der Waals surface area (Å²) in [6.07, 6.45) is 0.782. The lowest BCUT2D eigenvalue weighted by Gasteiger charge is -2.46. The molecule has 1 aliphatic rings. The van der Waals surface area contributed by atoms with Crippen molar-refractivity contribution in [1.82, 2.24) is 30.1 Å². The van der Waals surface area contributed by atoms with Crippen molar-refractivity contribution >= 4 is 29.5 Å². The van der Waals surface area contributed by atoms with E-state index in [1.54, 1.807) is 42.7 Å². The van der Waals surface area contributed by atoms with Gasteiger partial charge in [0.05, 0.1) is 36.7 Å². The fourth-order valence-corrected chi connectivity index (χ4v) is 5.01. The molecule has 1 saturated heterocycles. The minimum atomic E-state index is -0.702. The highest BCUT2D eigenvalue weighted by molar-refractivity contribution is 6.29. The standard InChI is InChI=1S/C30H35ClN6O5/c1-19(38)37-22(17-41-16-20-9-7-6-8-10-20)14-36(29(40)42-30(2,3)4)15-26(37)21-11-24(35-27(31)12-21)23-13-25(28(39)32-5)34-18-33-23/h6-13,18,22,26H,14-17H2,1-5H3,(H,32,39)/t22-,26-/m0/s1. The smallest absolute Gasteiger partial charge is 0.410 e. The number of benzene rings is 1.